The molecule has 0 bridgehead atoms. The smallest absolute Gasteiger partial charge is 0.190 e. The molecule has 1 unspecified atom stereocenters. The number of hydrogen-bond acceptors (Lipinski definition) is 8. The zero-order chi connectivity index (χ0) is 23.4. The molecule has 6 nitrogen and oxygen atoms in total. The molecule has 8 heteroatoms. The van der Waals surface area contributed by atoms with Crippen molar-refractivity contribution in [1.82, 2.24) is 15.0 Å². The molecule has 4 rings (SSSR count). The van der Waals surface area contributed by atoms with Crippen LogP contribution in [-0.4, -0.2) is 28.7 Å². The van der Waals surface area contributed by atoms with Crippen LogP contribution in [0.2, 0.25) is 0 Å². The lowest BCUT2D eigenvalue weighted by Gasteiger charge is -2.14. The van der Waals surface area contributed by atoms with E-state index in [0.29, 0.717) is 11.0 Å². The van der Waals surface area contributed by atoms with E-state index in [0.717, 1.165) is 52.4 Å². The lowest BCUT2D eigenvalue weighted by Crippen LogP contribution is -2.04. The summed E-state index contributed by atoms with van der Waals surface area (Å²) < 4.78 is 11.7. The molecule has 3 aromatic rings. The first-order valence-corrected chi connectivity index (χ1v) is 13.2. The van der Waals surface area contributed by atoms with Gasteiger partial charge in [0.05, 0.1) is 24.7 Å². The van der Waals surface area contributed by atoms with Crippen molar-refractivity contribution in [3.05, 3.63) is 40.5 Å². The molecule has 2 N–H and O–H groups in total. The SMILES string of the molecule is COc1ccc(-c2nc(C(C)Sc3nc(C)cc(N)n3)c(C)s2)cc1OCCC1CCCC1. The fourth-order valence-electron chi connectivity index (χ4n) is 4.30. The molecule has 176 valence electrons. The summed E-state index contributed by atoms with van der Waals surface area (Å²) in [6.07, 6.45) is 6.48. The second-order valence-corrected chi connectivity index (χ2v) is 11.1. The molecule has 0 amide bonds. The van der Waals surface area contributed by atoms with Gasteiger partial charge in [-0.3, -0.25) is 0 Å². The van der Waals surface area contributed by atoms with Gasteiger partial charge >= 0.3 is 0 Å². The van der Waals surface area contributed by atoms with E-state index in [2.05, 4.69) is 29.9 Å². The van der Waals surface area contributed by atoms with Crippen molar-refractivity contribution >= 4 is 28.9 Å². The molecule has 0 saturated heterocycles. The standard InChI is InChI=1S/C25H32N4O2S2/c1-15-13-22(26)28-25(27-15)33-17(3)23-16(2)32-24(29-23)19-9-10-20(30-4)21(14-19)31-12-11-18-7-5-6-8-18/h9-10,13-14,17-18H,5-8,11-12H2,1-4H3,(H2,26,27,28). The Bertz CT molecular complexity index is 1080. The maximum absolute atomic E-state index is 6.16. The number of benzene rings is 1. The fourth-order valence-corrected chi connectivity index (χ4v) is 6.39. The first-order valence-electron chi connectivity index (χ1n) is 11.5. The Kier molecular flexibility index (Phi) is 7.75. The third-order valence-electron chi connectivity index (χ3n) is 6.02. The van der Waals surface area contributed by atoms with Crippen LogP contribution in [0.4, 0.5) is 5.82 Å². The second kappa shape index (κ2) is 10.7. The van der Waals surface area contributed by atoms with Crippen molar-refractivity contribution in [2.75, 3.05) is 19.5 Å². The summed E-state index contributed by atoms with van der Waals surface area (Å²) in [6, 6.07) is 7.85. The molecular weight excluding hydrogens is 452 g/mol. The van der Waals surface area contributed by atoms with Crippen molar-refractivity contribution in [3.8, 4) is 22.1 Å². The van der Waals surface area contributed by atoms with Crippen LogP contribution in [0.15, 0.2) is 29.4 Å². The largest absolute Gasteiger partial charge is 0.493 e. The van der Waals surface area contributed by atoms with Crippen LogP contribution in [0, 0.1) is 19.8 Å². The van der Waals surface area contributed by atoms with Crippen molar-refractivity contribution in [2.45, 2.75) is 63.3 Å². The predicted molar refractivity (Wildman–Crippen MR) is 136 cm³/mol. The third kappa shape index (κ3) is 5.98. The van der Waals surface area contributed by atoms with Gasteiger partial charge in [-0.25, -0.2) is 15.0 Å². The minimum Gasteiger partial charge on any atom is -0.493 e. The van der Waals surface area contributed by atoms with Crippen LogP contribution < -0.4 is 15.2 Å². The van der Waals surface area contributed by atoms with Gasteiger partial charge in [0.15, 0.2) is 16.7 Å². The highest BCUT2D eigenvalue weighted by molar-refractivity contribution is 7.99. The van der Waals surface area contributed by atoms with Gasteiger partial charge in [-0.05, 0) is 51.3 Å². The highest BCUT2D eigenvalue weighted by atomic mass is 32.2. The van der Waals surface area contributed by atoms with Gasteiger partial charge in [0.1, 0.15) is 10.8 Å². The minimum absolute atomic E-state index is 0.108. The number of aryl methyl sites for hydroxylation is 2. The molecule has 33 heavy (non-hydrogen) atoms. The molecule has 1 aliphatic carbocycles. The number of aromatic nitrogens is 3. The Morgan fingerprint density at radius 1 is 1.12 bits per heavy atom. The van der Waals surface area contributed by atoms with Gasteiger partial charge in [-0.15, -0.1) is 11.3 Å². The number of thioether (sulfide) groups is 1. The topological polar surface area (TPSA) is 83.2 Å². The molecule has 0 radical (unpaired) electrons. The van der Waals surface area contributed by atoms with Crippen LogP contribution >= 0.6 is 23.1 Å². The van der Waals surface area contributed by atoms with E-state index in [1.165, 1.54) is 30.6 Å². The van der Waals surface area contributed by atoms with Crippen molar-refractivity contribution in [3.63, 3.8) is 0 Å². The van der Waals surface area contributed by atoms with E-state index < -0.39 is 0 Å². The molecule has 1 atom stereocenters. The van der Waals surface area contributed by atoms with E-state index in [1.54, 1.807) is 36.3 Å². The van der Waals surface area contributed by atoms with Gasteiger partial charge in [0.2, 0.25) is 0 Å². The molecule has 2 heterocycles. The van der Waals surface area contributed by atoms with E-state index in [9.17, 15) is 0 Å². The first kappa shape index (κ1) is 23.8. The molecule has 0 aliphatic heterocycles. The summed E-state index contributed by atoms with van der Waals surface area (Å²) in [5, 5.41) is 1.76. The summed E-state index contributed by atoms with van der Waals surface area (Å²) in [5.41, 5.74) is 8.84. The summed E-state index contributed by atoms with van der Waals surface area (Å²) in [5.74, 6) is 2.84. The van der Waals surface area contributed by atoms with Crippen LogP contribution in [-0.2, 0) is 0 Å². The fraction of sp³-hybridized carbons (Fsp3) is 0.480. The average molecular weight is 485 g/mol. The zero-order valence-electron chi connectivity index (χ0n) is 19.8. The van der Waals surface area contributed by atoms with Gasteiger partial charge in [0.25, 0.3) is 0 Å². The lowest BCUT2D eigenvalue weighted by molar-refractivity contribution is 0.265. The van der Waals surface area contributed by atoms with Crippen LogP contribution in [0.25, 0.3) is 10.6 Å². The number of thiazole rings is 1. The quantitative estimate of drug-likeness (QED) is 0.270. The highest BCUT2D eigenvalue weighted by Gasteiger charge is 2.20. The Hall–Kier alpha value is -2.32. The maximum Gasteiger partial charge on any atom is 0.190 e. The third-order valence-corrected chi connectivity index (χ3v) is 8.03. The summed E-state index contributed by atoms with van der Waals surface area (Å²) in [4.78, 5) is 15.0. The normalized spacial score (nSPS) is 15.0. The Labute approximate surface area is 204 Å². The zero-order valence-corrected chi connectivity index (χ0v) is 21.4. The van der Waals surface area contributed by atoms with Crippen molar-refractivity contribution < 1.29 is 9.47 Å². The lowest BCUT2D eigenvalue weighted by atomic mass is 10.1. The van der Waals surface area contributed by atoms with Gasteiger partial charge in [0, 0.05) is 22.2 Å². The summed E-state index contributed by atoms with van der Waals surface area (Å²) >= 11 is 3.27. The molecule has 1 saturated carbocycles. The molecule has 2 aromatic heterocycles. The van der Waals surface area contributed by atoms with E-state index in [4.69, 9.17) is 20.2 Å². The van der Waals surface area contributed by atoms with Crippen molar-refractivity contribution in [1.29, 1.82) is 0 Å². The number of hydrogen-bond donors (Lipinski definition) is 1. The molecule has 1 aromatic carbocycles. The Morgan fingerprint density at radius 3 is 2.64 bits per heavy atom. The summed E-state index contributed by atoms with van der Waals surface area (Å²) in [6.45, 7) is 6.89. The maximum atomic E-state index is 6.16. The number of ether oxygens (including phenoxy) is 2. The second-order valence-electron chi connectivity index (χ2n) is 8.59. The number of nitrogens with two attached hydrogens (primary N) is 1. The first-order chi connectivity index (χ1) is 15.9. The number of nitrogen functional groups attached to an aromatic ring is 1. The monoisotopic (exact) mass is 484 g/mol. The van der Waals surface area contributed by atoms with Crippen LogP contribution in [0.1, 0.15) is 60.5 Å². The Balaban J connectivity index is 1.49. The minimum atomic E-state index is 0.108. The molecular formula is C25H32N4O2S2. The predicted octanol–water partition coefficient (Wildman–Crippen LogP) is 6.62. The molecule has 1 aliphatic rings. The van der Waals surface area contributed by atoms with E-state index >= 15 is 0 Å². The van der Waals surface area contributed by atoms with Gasteiger partial charge in [-0.1, -0.05) is 37.4 Å². The number of methoxy groups -OCH3 is 1. The number of anilines is 1. The molecule has 0 spiro atoms. The van der Waals surface area contributed by atoms with E-state index in [1.807, 2.05) is 19.1 Å². The van der Waals surface area contributed by atoms with E-state index in [-0.39, 0.29) is 5.25 Å². The van der Waals surface area contributed by atoms with Gasteiger partial charge in [-0.2, -0.15) is 0 Å². The molecule has 1 fully saturated rings. The highest BCUT2D eigenvalue weighted by Crippen LogP contribution is 2.40. The van der Waals surface area contributed by atoms with Crippen LogP contribution in [0.3, 0.4) is 0 Å². The summed E-state index contributed by atoms with van der Waals surface area (Å²) in [7, 11) is 1.68. The average Bonchev–Trinajstić information content (AvgIpc) is 3.42. The van der Waals surface area contributed by atoms with Crippen LogP contribution in [0.5, 0.6) is 11.5 Å². The number of rotatable bonds is 9. The van der Waals surface area contributed by atoms with Crippen molar-refractivity contribution in [2.24, 2.45) is 5.92 Å². The Morgan fingerprint density at radius 2 is 1.91 bits per heavy atom. The number of nitrogens with zero attached hydrogens (tertiary/aromatic N) is 3. The van der Waals surface area contributed by atoms with Gasteiger partial charge < -0.3 is 15.2 Å².